The summed E-state index contributed by atoms with van der Waals surface area (Å²) in [7, 11) is 0. The van der Waals surface area contributed by atoms with E-state index in [0.29, 0.717) is 5.15 Å². The molecule has 0 radical (unpaired) electrons. The topological polar surface area (TPSA) is 32.3 Å². The van der Waals surface area contributed by atoms with E-state index in [1.165, 1.54) is 13.0 Å². The lowest BCUT2D eigenvalue weighted by Crippen LogP contribution is -2.31. The van der Waals surface area contributed by atoms with E-state index >= 15 is 0 Å². The summed E-state index contributed by atoms with van der Waals surface area (Å²) in [6.07, 6.45) is 4.52. The van der Waals surface area contributed by atoms with E-state index in [9.17, 15) is 0 Å². The third-order valence-electron chi connectivity index (χ3n) is 2.95. The summed E-state index contributed by atoms with van der Waals surface area (Å²) in [4.78, 5) is 13.1. The molecule has 2 heterocycles. The van der Waals surface area contributed by atoms with Crippen molar-refractivity contribution in [2.24, 2.45) is 0 Å². The van der Waals surface area contributed by atoms with Crippen LogP contribution in [0.4, 0.5) is 5.82 Å². The van der Waals surface area contributed by atoms with E-state index in [1.807, 2.05) is 0 Å². The predicted molar refractivity (Wildman–Crippen MR) is 66.0 cm³/mol. The lowest BCUT2D eigenvalue weighted by molar-refractivity contribution is 0.310. The average molecular weight is 241 g/mol. The van der Waals surface area contributed by atoms with Crippen LogP contribution in [0.2, 0.25) is 5.15 Å². The fourth-order valence-electron chi connectivity index (χ4n) is 2.00. The first-order valence-corrected chi connectivity index (χ1v) is 6.12. The molecule has 0 amide bonds. The van der Waals surface area contributed by atoms with Crippen molar-refractivity contribution in [3.05, 3.63) is 17.5 Å². The van der Waals surface area contributed by atoms with Crippen LogP contribution in [0, 0.1) is 0 Å². The number of halogens is 1. The van der Waals surface area contributed by atoms with Gasteiger partial charge in [-0.05, 0) is 19.5 Å². The summed E-state index contributed by atoms with van der Waals surface area (Å²) < 4.78 is 0. The van der Waals surface area contributed by atoms with Crippen LogP contribution in [0.15, 0.2) is 12.4 Å². The van der Waals surface area contributed by atoms with Gasteiger partial charge in [0.1, 0.15) is 11.0 Å². The molecular formula is C11H17ClN4. The predicted octanol–water partition coefficient (Wildman–Crippen LogP) is 1.66. The molecule has 0 bridgehead atoms. The van der Waals surface area contributed by atoms with Gasteiger partial charge in [0, 0.05) is 19.6 Å². The molecular weight excluding hydrogens is 224 g/mol. The lowest BCUT2D eigenvalue weighted by atomic mass is 10.4. The first-order valence-electron chi connectivity index (χ1n) is 5.74. The van der Waals surface area contributed by atoms with Crippen LogP contribution < -0.4 is 4.90 Å². The molecule has 1 aromatic heterocycles. The molecule has 1 saturated heterocycles. The Balaban J connectivity index is 2.04. The van der Waals surface area contributed by atoms with Gasteiger partial charge in [-0.25, -0.2) is 4.98 Å². The number of rotatable bonds is 2. The zero-order valence-corrected chi connectivity index (χ0v) is 10.3. The highest BCUT2D eigenvalue weighted by Gasteiger charge is 2.15. The summed E-state index contributed by atoms with van der Waals surface area (Å²) in [5, 5.41) is 0.467. The maximum atomic E-state index is 5.85. The van der Waals surface area contributed by atoms with Crippen LogP contribution in [-0.2, 0) is 0 Å². The molecule has 0 saturated carbocycles. The highest BCUT2D eigenvalue weighted by atomic mass is 35.5. The first-order chi connectivity index (χ1) is 7.79. The molecule has 2 rings (SSSR count). The Labute approximate surface area is 101 Å². The highest BCUT2D eigenvalue weighted by Crippen LogP contribution is 2.14. The number of anilines is 1. The Kier molecular flexibility index (Phi) is 3.96. The van der Waals surface area contributed by atoms with Crippen molar-refractivity contribution in [3.8, 4) is 0 Å². The molecule has 0 unspecified atom stereocenters. The number of likely N-dealkylation sites (N-methyl/N-ethyl adjacent to an activating group) is 1. The fourth-order valence-corrected chi connectivity index (χ4v) is 2.14. The second-order valence-corrected chi connectivity index (χ2v) is 4.36. The van der Waals surface area contributed by atoms with Gasteiger partial charge >= 0.3 is 0 Å². The number of hydrogen-bond acceptors (Lipinski definition) is 4. The number of nitrogens with zero attached hydrogens (tertiary/aromatic N) is 4. The third-order valence-corrected chi connectivity index (χ3v) is 3.13. The van der Waals surface area contributed by atoms with Gasteiger partial charge in [-0.15, -0.1) is 0 Å². The van der Waals surface area contributed by atoms with Crippen molar-refractivity contribution in [1.82, 2.24) is 14.9 Å². The minimum atomic E-state index is 0.467. The number of aromatic nitrogens is 2. The maximum absolute atomic E-state index is 5.85. The molecule has 0 N–H and O–H groups in total. The molecule has 0 spiro atoms. The quantitative estimate of drug-likeness (QED) is 0.787. The molecule has 0 aliphatic carbocycles. The summed E-state index contributed by atoms with van der Waals surface area (Å²) >= 11 is 5.85. The normalized spacial score (nSPS) is 18.5. The molecule has 1 fully saturated rings. The first kappa shape index (κ1) is 11.6. The van der Waals surface area contributed by atoms with Crippen molar-refractivity contribution in [2.45, 2.75) is 13.3 Å². The minimum Gasteiger partial charge on any atom is -0.354 e. The summed E-state index contributed by atoms with van der Waals surface area (Å²) in [5.41, 5.74) is 0. The zero-order chi connectivity index (χ0) is 11.4. The molecule has 0 atom stereocenters. The average Bonchev–Trinajstić information content (AvgIpc) is 2.54. The molecule has 0 aromatic carbocycles. The van der Waals surface area contributed by atoms with Gasteiger partial charge in [-0.3, -0.25) is 4.98 Å². The standard InChI is InChI=1S/C11H17ClN4/c1-2-15-4-3-5-16(7-6-15)11-9-13-8-10(12)14-11/h8-9H,2-7H2,1H3. The molecule has 1 aliphatic heterocycles. The van der Waals surface area contributed by atoms with E-state index in [1.54, 1.807) is 12.4 Å². The van der Waals surface area contributed by atoms with Gasteiger partial charge in [0.05, 0.1) is 12.4 Å². The Morgan fingerprint density at radius 1 is 1.25 bits per heavy atom. The molecule has 16 heavy (non-hydrogen) atoms. The SMILES string of the molecule is CCN1CCCN(c2cncc(Cl)n2)CC1. The summed E-state index contributed by atoms with van der Waals surface area (Å²) in [5.74, 6) is 0.894. The van der Waals surface area contributed by atoms with Gasteiger partial charge in [-0.2, -0.15) is 0 Å². The van der Waals surface area contributed by atoms with Crippen LogP contribution in [0.5, 0.6) is 0 Å². The third kappa shape index (κ3) is 2.83. The van der Waals surface area contributed by atoms with Crippen molar-refractivity contribution < 1.29 is 0 Å². The van der Waals surface area contributed by atoms with E-state index in [0.717, 1.165) is 32.0 Å². The Morgan fingerprint density at radius 3 is 2.88 bits per heavy atom. The van der Waals surface area contributed by atoms with Crippen LogP contribution in [0.25, 0.3) is 0 Å². The molecule has 4 nitrogen and oxygen atoms in total. The van der Waals surface area contributed by atoms with Crippen LogP contribution >= 0.6 is 11.6 Å². The summed E-state index contributed by atoms with van der Waals surface area (Å²) in [6.45, 7) is 7.62. The Bertz CT molecular complexity index is 345. The van der Waals surface area contributed by atoms with Crippen molar-refractivity contribution in [3.63, 3.8) is 0 Å². The lowest BCUT2D eigenvalue weighted by Gasteiger charge is -2.21. The van der Waals surface area contributed by atoms with Crippen LogP contribution in [-0.4, -0.2) is 47.6 Å². The smallest absolute Gasteiger partial charge is 0.149 e. The zero-order valence-electron chi connectivity index (χ0n) is 9.56. The Hall–Kier alpha value is -0.870. The Morgan fingerprint density at radius 2 is 2.12 bits per heavy atom. The highest BCUT2D eigenvalue weighted by molar-refractivity contribution is 6.29. The van der Waals surface area contributed by atoms with E-state index < -0.39 is 0 Å². The van der Waals surface area contributed by atoms with Crippen LogP contribution in [0.1, 0.15) is 13.3 Å². The van der Waals surface area contributed by atoms with Crippen LogP contribution in [0.3, 0.4) is 0 Å². The van der Waals surface area contributed by atoms with Crippen molar-refractivity contribution in [2.75, 3.05) is 37.6 Å². The molecule has 1 aromatic rings. The molecule has 88 valence electrons. The van der Waals surface area contributed by atoms with Gasteiger partial charge in [0.15, 0.2) is 0 Å². The van der Waals surface area contributed by atoms with Gasteiger partial charge in [0.2, 0.25) is 0 Å². The molecule has 5 heteroatoms. The minimum absolute atomic E-state index is 0.467. The largest absolute Gasteiger partial charge is 0.354 e. The molecule has 1 aliphatic rings. The van der Waals surface area contributed by atoms with E-state index in [-0.39, 0.29) is 0 Å². The second kappa shape index (κ2) is 5.46. The van der Waals surface area contributed by atoms with Crippen molar-refractivity contribution in [1.29, 1.82) is 0 Å². The summed E-state index contributed by atoms with van der Waals surface area (Å²) in [6, 6.07) is 0. The maximum Gasteiger partial charge on any atom is 0.149 e. The van der Waals surface area contributed by atoms with Crippen molar-refractivity contribution >= 4 is 17.4 Å². The monoisotopic (exact) mass is 240 g/mol. The van der Waals surface area contributed by atoms with Gasteiger partial charge < -0.3 is 9.80 Å². The van der Waals surface area contributed by atoms with Gasteiger partial charge in [-0.1, -0.05) is 18.5 Å². The van der Waals surface area contributed by atoms with E-state index in [2.05, 4.69) is 26.7 Å². The van der Waals surface area contributed by atoms with E-state index in [4.69, 9.17) is 11.6 Å². The van der Waals surface area contributed by atoms with Gasteiger partial charge in [0.25, 0.3) is 0 Å². The number of hydrogen-bond donors (Lipinski definition) is 0. The second-order valence-electron chi connectivity index (χ2n) is 3.97. The fraction of sp³-hybridized carbons (Fsp3) is 0.636.